The summed E-state index contributed by atoms with van der Waals surface area (Å²) in [7, 11) is 0. The van der Waals surface area contributed by atoms with Crippen LogP contribution in [-0.2, 0) is 0 Å². The Bertz CT molecular complexity index is 391. The van der Waals surface area contributed by atoms with E-state index in [-0.39, 0.29) is 0 Å². The Labute approximate surface area is 118 Å². The monoisotopic (exact) mass is 281 g/mol. The smallest absolute Gasteiger partial charge is 0.225 e. The fraction of sp³-hybridized carbons (Fsp3) is 0.769. The van der Waals surface area contributed by atoms with E-state index in [1.54, 1.807) is 0 Å². The molecule has 0 radical (unpaired) electrons. The van der Waals surface area contributed by atoms with Crippen LogP contribution < -0.4 is 10.6 Å². The molecule has 0 aromatic carbocycles. The quantitative estimate of drug-likeness (QED) is 0.859. The van der Waals surface area contributed by atoms with E-state index in [2.05, 4.69) is 20.6 Å². The molecule has 1 aromatic heterocycles. The minimum Gasteiger partial charge on any atom is -0.317 e. The molecule has 2 aliphatic heterocycles. The standard InChI is InChI=1S/C13H20ClN5/c14-13-18-11(9-1-5-15-6-2-9)17-12(19-13)10-3-7-16-8-4-10/h9-10,15-16H,1-8H2. The number of nitrogens with zero attached hydrogens (tertiary/aromatic N) is 3. The molecule has 3 heterocycles. The lowest BCUT2D eigenvalue weighted by Gasteiger charge is -2.24. The van der Waals surface area contributed by atoms with Gasteiger partial charge >= 0.3 is 0 Å². The fourth-order valence-corrected chi connectivity index (χ4v) is 3.08. The van der Waals surface area contributed by atoms with Gasteiger partial charge in [-0.25, -0.2) is 15.0 Å². The van der Waals surface area contributed by atoms with Crippen molar-refractivity contribution in [3.05, 3.63) is 16.9 Å². The van der Waals surface area contributed by atoms with E-state index < -0.39 is 0 Å². The Morgan fingerprint density at radius 2 is 1.16 bits per heavy atom. The summed E-state index contributed by atoms with van der Waals surface area (Å²) in [5.74, 6) is 2.66. The topological polar surface area (TPSA) is 62.7 Å². The zero-order valence-electron chi connectivity index (χ0n) is 11.0. The summed E-state index contributed by atoms with van der Waals surface area (Å²) >= 11 is 6.09. The predicted molar refractivity (Wildman–Crippen MR) is 74.5 cm³/mol. The van der Waals surface area contributed by atoms with Gasteiger partial charge in [-0.15, -0.1) is 0 Å². The Kier molecular flexibility index (Phi) is 4.25. The average Bonchev–Trinajstić information content (AvgIpc) is 2.48. The summed E-state index contributed by atoms with van der Waals surface area (Å²) in [6, 6.07) is 0. The van der Waals surface area contributed by atoms with Crippen molar-refractivity contribution < 1.29 is 0 Å². The molecule has 0 atom stereocenters. The molecule has 1 aromatic rings. The van der Waals surface area contributed by atoms with E-state index in [9.17, 15) is 0 Å². The molecule has 0 unspecified atom stereocenters. The van der Waals surface area contributed by atoms with Crippen molar-refractivity contribution in [1.82, 2.24) is 25.6 Å². The third-order valence-electron chi connectivity index (χ3n) is 4.05. The van der Waals surface area contributed by atoms with Gasteiger partial charge < -0.3 is 10.6 Å². The average molecular weight is 282 g/mol. The summed E-state index contributed by atoms with van der Waals surface area (Å²) in [5, 5.41) is 7.09. The SMILES string of the molecule is Clc1nc(C2CCNCC2)nc(C2CCNCC2)n1. The van der Waals surface area contributed by atoms with Crippen LogP contribution in [0.2, 0.25) is 5.28 Å². The maximum Gasteiger partial charge on any atom is 0.225 e. The van der Waals surface area contributed by atoms with Crippen LogP contribution in [0.4, 0.5) is 0 Å². The summed E-state index contributed by atoms with van der Waals surface area (Å²) < 4.78 is 0. The number of hydrogen-bond donors (Lipinski definition) is 2. The van der Waals surface area contributed by atoms with Gasteiger partial charge in [0.25, 0.3) is 0 Å². The van der Waals surface area contributed by atoms with Gasteiger partial charge in [0.2, 0.25) is 5.28 Å². The summed E-state index contributed by atoms with van der Waals surface area (Å²) in [6.45, 7) is 4.15. The normalized spacial score (nSPS) is 22.6. The first-order valence-electron chi connectivity index (χ1n) is 7.16. The van der Waals surface area contributed by atoms with E-state index in [1.807, 2.05) is 0 Å². The molecular weight excluding hydrogens is 262 g/mol. The van der Waals surface area contributed by atoms with Crippen LogP contribution in [0.5, 0.6) is 0 Å². The van der Waals surface area contributed by atoms with E-state index in [1.165, 1.54) is 0 Å². The van der Waals surface area contributed by atoms with Gasteiger partial charge in [0, 0.05) is 11.8 Å². The molecule has 0 amide bonds. The third-order valence-corrected chi connectivity index (χ3v) is 4.22. The lowest BCUT2D eigenvalue weighted by atomic mass is 9.95. The molecule has 0 bridgehead atoms. The molecule has 104 valence electrons. The summed E-state index contributed by atoms with van der Waals surface area (Å²) in [4.78, 5) is 13.4. The number of hydrogen-bond acceptors (Lipinski definition) is 5. The van der Waals surface area contributed by atoms with Crippen molar-refractivity contribution in [2.24, 2.45) is 0 Å². The molecule has 2 saturated heterocycles. The number of rotatable bonds is 2. The largest absolute Gasteiger partial charge is 0.317 e. The zero-order valence-corrected chi connectivity index (χ0v) is 11.8. The highest BCUT2D eigenvalue weighted by molar-refractivity contribution is 6.28. The van der Waals surface area contributed by atoms with E-state index in [0.717, 1.165) is 63.5 Å². The maximum atomic E-state index is 6.09. The van der Waals surface area contributed by atoms with Gasteiger partial charge in [0.05, 0.1) is 0 Å². The summed E-state index contributed by atoms with van der Waals surface area (Å²) in [6.07, 6.45) is 4.36. The van der Waals surface area contributed by atoms with Gasteiger partial charge in [-0.2, -0.15) is 0 Å². The van der Waals surface area contributed by atoms with E-state index >= 15 is 0 Å². The van der Waals surface area contributed by atoms with Gasteiger partial charge in [-0.05, 0) is 63.5 Å². The lowest BCUT2D eigenvalue weighted by molar-refractivity contribution is 0.424. The number of halogens is 1. The molecule has 2 N–H and O–H groups in total. The second-order valence-corrected chi connectivity index (χ2v) is 5.71. The molecule has 6 heteroatoms. The molecule has 2 aliphatic rings. The molecule has 3 rings (SSSR count). The van der Waals surface area contributed by atoms with Crippen molar-refractivity contribution >= 4 is 11.6 Å². The van der Waals surface area contributed by atoms with E-state index in [0.29, 0.717) is 17.1 Å². The molecule has 19 heavy (non-hydrogen) atoms. The number of piperidine rings is 2. The van der Waals surface area contributed by atoms with Crippen molar-refractivity contribution in [3.63, 3.8) is 0 Å². The first-order chi connectivity index (χ1) is 9.33. The molecule has 2 fully saturated rings. The van der Waals surface area contributed by atoms with Crippen LogP contribution >= 0.6 is 11.6 Å². The number of aromatic nitrogens is 3. The van der Waals surface area contributed by atoms with Gasteiger partial charge in [0.1, 0.15) is 11.6 Å². The van der Waals surface area contributed by atoms with Gasteiger partial charge in [0.15, 0.2) is 0 Å². The van der Waals surface area contributed by atoms with Crippen molar-refractivity contribution in [2.45, 2.75) is 37.5 Å². The molecular formula is C13H20ClN5. The highest BCUT2D eigenvalue weighted by Crippen LogP contribution is 2.27. The fourth-order valence-electron chi connectivity index (χ4n) is 2.91. The summed E-state index contributed by atoms with van der Waals surface area (Å²) in [5.41, 5.74) is 0. The minimum atomic E-state index is 0.358. The third kappa shape index (κ3) is 3.22. The van der Waals surface area contributed by atoms with Crippen LogP contribution in [0, 0.1) is 0 Å². The Balaban J connectivity index is 1.82. The Morgan fingerprint density at radius 1 is 0.737 bits per heavy atom. The van der Waals surface area contributed by atoms with Crippen LogP contribution in [0.3, 0.4) is 0 Å². The second-order valence-electron chi connectivity index (χ2n) is 5.37. The van der Waals surface area contributed by atoms with E-state index in [4.69, 9.17) is 16.6 Å². The zero-order chi connectivity index (χ0) is 13.1. The molecule has 0 aliphatic carbocycles. The van der Waals surface area contributed by atoms with Crippen LogP contribution in [0.15, 0.2) is 0 Å². The lowest BCUT2D eigenvalue weighted by Crippen LogP contribution is -2.29. The maximum absolute atomic E-state index is 6.09. The molecule has 0 saturated carbocycles. The highest BCUT2D eigenvalue weighted by atomic mass is 35.5. The highest BCUT2D eigenvalue weighted by Gasteiger charge is 2.23. The Hall–Kier alpha value is -0.780. The minimum absolute atomic E-state index is 0.358. The van der Waals surface area contributed by atoms with Crippen LogP contribution in [-0.4, -0.2) is 41.1 Å². The van der Waals surface area contributed by atoms with Crippen LogP contribution in [0.25, 0.3) is 0 Å². The van der Waals surface area contributed by atoms with Crippen molar-refractivity contribution in [2.75, 3.05) is 26.2 Å². The molecule has 0 spiro atoms. The van der Waals surface area contributed by atoms with Crippen molar-refractivity contribution in [3.8, 4) is 0 Å². The van der Waals surface area contributed by atoms with Crippen molar-refractivity contribution in [1.29, 1.82) is 0 Å². The van der Waals surface area contributed by atoms with Gasteiger partial charge in [-0.1, -0.05) is 0 Å². The van der Waals surface area contributed by atoms with Gasteiger partial charge in [-0.3, -0.25) is 0 Å². The second kappa shape index (κ2) is 6.11. The predicted octanol–water partition coefficient (Wildman–Crippen LogP) is 1.46. The number of nitrogens with one attached hydrogen (secondary N) is 2. The first-order valence-corrected chi connectivity index (χ1v) is 7.53. The molecule has 5 nitrogen and oxygen atoms in total. The van der Waals surface area contributed by atoms with Crippen LogP contribution in [0.1, 0.15) is 49.2 Å². The Morgan fingerprint density at radius 3 is 1.58 bits per heavy atom. The first kappa shape index (κ1) is 13.2.